The quantitative estimate of drug-likeness (QED) is 0.327. The van der Waals surface area contributed by atoms with Gasteiger partial charge >= 0.3 is 5.97 Å². The summed E-state index contributed by atoms with van der Waals surface area (Å²) in [6.45, 7) is 4.38. The summed E-state index contributed by atoms with van der Waals surface area (Å²) in [6, 6.07) is 6.95. The van der Waals surface area contributed by atoms with Gasteiger partial charge in [0.05, 0.1) is 17.2 Å². The second kappa shape index (κ2) is 9.90. The Morgan fingerprint density at radius 2 is 2.08 bits per heavy atom. The molecule has 7 heteroatoms. The third kappa shape index (κ3) is 6.10. The minimum absolute atomic E-state index is 0.325. The number of rotatable bonds is 8. The zero-order chi connectivity index (χ0) is 18.2. The largest absolute Gasteiger partial charge is 0.462 e. The molecule has 0 spiro atoms. The molecule has 0 aliphatic heterocycles. The molecule has 0 aliphatic carbocycles. The fourth-order valence-electron chi connectivity index (χ4n) is 2.06. The lowest BCUT2D eigenvalue weighted by Crippen LogP contribution is -2.09. The summed E-state index contributed by atoms with van der Waals surface area (Å²) in [5, 5.41) is 1.13. The molecule has 0 saturated heterocycles. The zero-order valence-corrected chi connectivity index (χ0v) is 16.5. The summed E-state index contributed by atoms with van der Waals surface area (Å²) in [5.74, 6) is 0.232. The molecule has 1 aromatic heterocycles. The number of nitrogens with one attached hydrogen (secondary N) is 1. The lowest BCUT2D eigenvalue weighted by atomic mass is 10.1. The van der Waals surface area contributed by atoms with E-state index in [4.69, 9.17) is 27.9 Å². The Labute approximate surface area is 162 Å². The van der Waals surface area contributed by atoms with Crippen molar-refractivity contribution < 1.29 is 9.53 Å². The average molecular weight is 399 g/mol. The Kier molecular flexibility index (Phi) is 7.88. The predicted octanol–water partition coefficient (Wildman–Crippen LogP) is 6.16. The first kappa shape index (κ1) is 19.9. The fraction of sp³-hybridized carbons (Fsp3) is 0.333. The standard InChI is InChI=1S/C18H20Cl2N2O2S/c1-3-4-5-8-24-18(23)14-10-17(21-11-12(14)2)22-25-16-7-6-13(19)9-15(16)20/h6-7,9-11H,3-5,8H2,1-2H3,(H,21,22). The number of aromatic nitrogens is 1. The van der Waals surface area contributed by atoms with Gasteiger partial charge in [0.15, 0.2) is 0 Å². The second-order valence-electron chi connectivity index (χ2n) is 5.51. The average Bonchev–Trinajstić information content (AvgIpc) is 2.59. The number of hydrogen-bond acceptors (Lipinski definition) is 5. The maximum Gasteiger partial charge on any atom is 0.338 e. The highest BCUT2D eigenvalue weighted by molar-refractivity contribution is 8.00. The van der Waals surface area contributed by atoms with Crippen molar-refractivity contribution in [2.75, 3.05) is 11.3 Å². The third-order valence-electron chi connectivity index (χ3n) is 3.46. The van der Waals surface area contributed by atoms with Crippen LogP contribution in [-0.4, -0.2) is 17.6 Å². The van der Waals surface area contributed by atoms with Crippen LogP contribution in [0.3, 0.4) is 0 Å². The van der Waals surface area contributed by atoms with Crippen LogP contribution in [0.4, 0.5) is 5.82 Å². The number of halogens is 2. The van der Waals surface area contributed by atoms with Gasteiger partial charge in [0.1, 0.15) is 5.82 Å². The fourth-order valence-corrected chi connectivity index (χ4v) is 3.20. The molecule has 0 bridgehead atoms. The molecule has 2 aromatic rings. The van der Waals surface area contributed by atoms with Crippen LogP contribution in [0.15, 0.2) is 35.4 Å². The number of hydrogen-bond donors (Lipinski definition) is 1. The number of esters is 1. The van der Waals surface area contributed by atoms with Crippen LogP contribution in [0.5, 0.6) is 0 Å². The monoisotopic (exact) mass is 398 g/mol. The van der Waals surface area contributed by atoms with Crippen LogP contribution >= 0.6 is 35.1 Å². The summed E-state index contributed by atoms with van der Waals surface area (Å²) in [7, 11) is 0. The number of ether oxygens (including phenoxy) is 1. The molecule has 25 heavy (non-hydrogen) atoms. The van der Waals surface area contributed by atoms with E-state index in [9.17, 15) is 4.79 Å². The van der Waals surface area contributed by atoms with Gasteiger partial charge in [-0.3, -0.25) is 0 Å². The minimum atomic E-state index is -0.325. The summed E-state index contributed by atoms with van der Waals surface area (Å²) < 4.78 is 8.41. The van der Waals surface area contributed by atoms with Crippen molar-refractivity contribution in [3.8, 4) is 0 Å². The van der Waals surface area contributed by atoms with Crippen molar-refractivity contribution in [3.63, 3.8) is 0 Å². The van der Waals surface area contributed by atoms with Crippen LogP contribution in [0.2, 0.25) is 10.0 Å². The molecule has 1 heterocycles. The smallest absolute Gasteiger partial charge is 0.338 e. The molecular formula is C18H20Cl2N2O2S. The van der Waals surface area contributed by atoms with E-state index >= 15 is 0 Å². The van der Waals surface area contributed by atoms with E-state index in [1.54, 1.807) is 24.4 Å². The molecule has 0 saturated carbocycles. The maximum atomic E-state index is 12.2. The summed E-state index contributed by atoms with van der Waals surface area (Å²) in [6.07, 6.45) is 4.66. The van der Waals surface area contributed by atoms with Crippen LogP contribution in [-0.2, 0) is 4.74 Å². The highest BCUT2D eigenvalue weighted by Crippen LogP contribution is 2.30. The highest BCUT2D eigenvalue weighted by atomic mass is 35.5. The number of carbonyl (C=O) groups is 1. The van der Waals surface area contributed by atoms with Gasteiger partial charge in [0, 0.05) is 16.1 Å². The van der Waals surface area contributed by atoms with Gasteiger partial charge in [-0.2, -0.15) is 0 Å². The van der Waals surface area contributed by atoms with E-state index in [2.05, 4.69) is 16.6 Å². The molecule has 1 aromatic carbocycles. The highest BCUT2D eigenvalue weighted by Gasteiger charge is 2.13. The van der Waals surface area contributed by atoms with Gasteiger partial charge in [0.2, 0.25) is 0 Å². The number of nitrogens with zero attached hydrogens (tertiary/aromatic N) is 1. The first-order valence-corrected chi connectivity index (χ1v) is 9.60. The van der Waals surface area contributed by atoms with E-state index in [1.165, 1.54) is 11.9 Å². The van der Waals surface area contributed by atoms with Gasteiger partial charge in [-0.15, -0.1) is 0 Å². The summed E-state index contributed by atoms with van der Waals surface area (Å²) in [4.78, 5) is 17.3. The number of anilines is 1. The SMILES string of the molecule is CCCCCOC(=O)c1cc(NSc2ccc(Cl)cc2Cl)ncc1C. The van der Waals surface area contributed by atoms with Crippen LogP contribution in [0.1, 0.15) is 42.1 Å². The van der Waals surface area contributed by atoms with Crippen molar-refractivity contribution in [2.45, 2.75) is 38.0 Å². The number of pyridine rings is 1. The number of benzene rings is 1. The van der Waals surface area contributed by atoms with Gasteiger partial charge in [-0.05, 0) is 55.1 Å². The number of aryl methyl sites for hydroxylation is 1. The van der Waals surface area contributed by atoms with Gasteiger partial charge in [-0.25, -0.2) is 9.78 Å². The Morgan fingerprint density at radius 3 is 2.80 bits per heavy atom. The van der Waals surface area contributed by atoms with Crippen molar-refractivity contribution >= 4 is 46.9 Å². The Balaban J connectivity index is 2.01. The van der Waals surface area contributed by atoms with Gasteiger partial charge in [-0.1, -0.05) is 43.0 Å². The molecule has 0 atom stereocenters. The van der Waals surface area contributed by atoms with Crippen LogP contribution in [0, 0.1) is 6.92 Å². The number of carbonyl (C=O) groups excluding carboxylic acids is 1. The molecule has 0 fully saturated rings. The summed E-state index contributed by atoms with van der Waals surface area (Å²) >= 11 is 13.3. The van der Waals surface area contributed by atoms with Gasteiger partial charge < -0.3 is 9.46 Å². The Hall–Kier alpha value is -1.43. The van der Waals surface area contributed by atoms with Gasteiger partial charge in [0.25, 0.3) is 0 Å². The maximum absolute atomic E-state index is 12.2. The van der Waals surface area contributed by atoms with E-state index in [-0.39, 0.29) is 5.97 Å². The first-order valence-electron chi connectivity index (χ1n) is 8.03. The summed E-state index contributed by atoms with van der Waals surface area (Å²) in [5.41, 5.74) is 1.29. The van der Waals surface area contributed by atoms with Crippen molar-refractivity contribution in [2.24, 2.45) is 0 Å². The molecule has 0 aliphatic rings. The van der Waals surface area contributed by atoms with E-state index in [1.807, 2.05) is 13.0 Å². The van der Waals surface area contributed by atoms with Crippen molar-refractivity contribution in [1.82, 2.24) is 4.98 Å². The zero-order valence-electron chi connectivity index (χ0n) is 14.1. The molecule has 0 unspecified atom stereocenters. The molecule has 2 rings (SSSR count). The molecule has 134 valence electrons. The molecule has 1 N–H and O–H groups in total. The molecule has 4 nitrogen and oxygen atoms in total. The third-order valence-corrected chi connectivity index (χ3v) is 5.01. The normalized spacial score (nSPS) is 10.6. The Bertz CT molecular complexity index is 741. The lowest BCUT2D eigenvalue weighted by Gasteiger charge is -2.10. The molecular weight excluding hydrogens is 379 g/mol. The predicted molar refractivity (Wildman–Crippen MR) is 105 cm³/mol. The van der Waals surface area contributed by atoms with Crippen LogP contribution < -0.4 is 4.72 Å². The van der Waals surface area contributed by atoms with Crippen molar-refractivity contribution in [1.29, 1.82) is 0 Å². The van der Waals surface area contributed by atoms with E-state index in [0.717, 1.165) is 29.7 Å². The van der Waals surface area contributed by atoms with Crippen LogP contribution in [0.25, 0.3) is 0 Å². The Morgan fingerprint density at radius 1 is 1.28 bits per heavy atom. The molecule has 0 radical (unpaired) electrons. The van der Waals surface area contributed by atoms with Crippen molar-refractivity contribution in [3.05, 3.63) is 51.6 Å². The number of unbranched alkanes of at least 4 members (excludes halogenated alkanes) is 2. The second-order valence-corrected chi connectivity index (χ2v) is 7.20. The minimum Gasteiger partial charge on any atom is -0.462 e. The van der Waals surface area contributed by atoms with E-state index < -0.39 is 0 Å². The van der Waals surface area contributed by atoms with E-state index in [0.29, 0.717) is 28.0 Å². The lowest BCUT2D eigenvalue weighted by molar-refractivity contribution is 0.0497. The topological polar surface area (TPSA) is 51.2 Å². The molecule has 0 amide bonds. The first-order chi connectivity index (χ1) is 12.0.